The van der Waals surface area contributed by atoms with Gasteiger partial charge < -0.3 is 28.8 Å². The number of pyridine rings is 2. The molecule has 0 aliphatic carbocycles. The minimum absolute atomic E-state index is 0.0287. The van der Waals surface area contributed by atoms with Crippen LogP contribution >= 0.6 is 0 Å². The van der Waals surface area contributed by atoms with Crippen LogP contribution in [0, 0.1) is 0 Å². The molecule has 1 N–H and O–H groups in total. The summed E-state index contributed by atoms with van der Waals surface area (Å²) in [6, 6.07) is 10.3. The molecule has 12 nitrogen and oxygen atoms in total. The van der Waals surface area contributed by atoms with Crippen LogP contribution < -0.4 is 4.74 Å². The molecular weight excluding hydrogens is 496 g/mol. The summed E-state index contributed by atoms with van der Waals surface area (Å²) in [5.74, 6) is -0.777. The van der Waals surface area contributed by atoms with E-state index >= 15 is 0 Å². The SMILES string of the molecule is O=COc1cccc(CN2CCOCCOCCN(Cc3cccc(C(=O)O)n3)CCOCCOCC2)n1. The minimum Gasteiger partial charge on any atom is -0.477 e. The zero-order chi connectivity index (χ0) is 26.8. The van der Waals surface area contributed by atoms with Crippen LogP contribution in [0.15, 0.2) is 36.4 Å². The summed E-state index contributed by atoms with van der Waals surface area (Å²) in [5.41, 5.74) is 1.50. The van der Waals surface area contributed by atoms with E-state index in [1.807, 2.05) is 12.1 Å². The Kier molecular flexibility index (Phi) is 13.6. The average molecular weight is 533 g/mol. The summed E-state index contributed by atoms with van der Waals surface area (Å²) in [7, 11) is 0. The van der Waals surface area contributed by atoms with Crippen molar-refractivity contribution in [2.45, 2.75) is 13.1 Å². The third-order valence-corrected chi connectivity index (χ3v) is 5.70. The summed E-state index contributed by atoms with van der Waals surface area (Å²) in [6.45, 7) is 7.99. The van der Waals surface area contributed by atoms with Crippen LogP contribution in [-0.4, -0.2) is 116 Å². The second-order valence-corrected chi connectivity index (χ2v) is 8.50. The molecule has 38 heavy (non-hydrogen) atoms. The first-order valence-electron chi connectivity index (χ1n) is 12.6. The number of hydrogen-bond donors (Lipinski definition) is 1. The van der Waals surface area contributed by atoms with Gasteiger partial charge in [-0.2, -0.15) is 0 Å². The number of carbonyl (C=O) groups is 2. The number of ether oxygens (including phenoxy) is 5. The fraction of sp³-hybridized carbons (Fsp3) is 0.538. The van der Waals surface area contributed by atoms with Crippen LogP contribution in [0.4, 0.5) is 0 Å². The van der Waals surface area contributed by atoms with Crippen molar-refractivity contribution in [3.63, 3.8) is 0 Å². The Labute approximate surface area is 222 Å². The number of nitrogens with zero attached hydrogens (tertiary/aromatic N) is 4. The van der Waals surface area contributed by atoms with Gasteiger partial charge in [0, 0.05) is 45.3 Å². The van der Waals surface area contributed by atoms with Crippen molar-refractivity contribution in [2.24, 2.45) is 0 Å². The Bertz CT molecular complexity index is 960. The second-order valence-electron chi connectivity index (χ2n) is 8.50. The summed E-state index contributed by atoms with van der Waals surface area (Å²) in [5, 5.41) is 9.20. The van der Waals surface area contributed by atoms with Crippen LogP contribution in [0.3, 0.4) is 0 Å². The zero-order valence-electron chi connectivity index (χ0n) is 21.5. The first-order chi connectivity index (χ1) is 18.6. The number of aromatic carboxylic acids is 1. The lowest BCUT2D eigenvalue weighted by Gasteiger charge is -2.23. The average Bonchev–Trinajstić information content (AvgIpc) is 2.91. The van der Waals surface area contributed by atoms with Crippen LogP contribution in [0.5, 0.6) is 5.88 Å². The highest BCUT2D eigenvalue weighted by Crippen LogP contribution is 2.09. The van der Waals surface area contributed by atoms with Gasteiger partial charge in [-0.1, -0.05) is 12.1 Å². The lowest BCUT2D eigenvalue weighted by atomic mass is 10.3. The van der Waals surface area contributed by atoms with E-state index in [2.05, 4.69) is 19.8 Å². The number of hydrogen-bond acceptors (Lipinski definition) is 11. The molecule has 3 heterocycles. The normalized spacial score (nSPS) is 18.2. The highest BCUT2D eigenvalue weighted by molar-refractivity contribution is 5.85. The summed E-state index contributed by atoms with van der Waals surface area (Å²) >= 11 is 0. The zero-order valence-corrected chi connectivity index (χ0v) is 21.5. The number of carboxylic acid groups (broad SMARTS) is 1. The molecule has 0 saturated carbocycles. The van der Waals surface area contributed by atoms with E-state index < -0.39 is 5.97 Å². The van der Waals surface area contributed by atoms with Gasteiger partial charge in [0.1, 0.15) is 5.69 Å². The minimum atomic E-state index is -1.04. The summed E-state index contributed by atoms with van der Waals surface area (Å²) in [4.78, 5) is 34.7. The Hall–Kier alpha value is -3.00. The van der Waals surface area contributed by atoms with Crippen molar-refractivity contribution >= 4 is 12.4 Å². The fourth-order valence-corrected chi connectivity index (χ4v) is 3.76. The van der Waals surface area contributed by atoms with Crippen molar-refractivity contribution in [3.05, 3.63) is 53.5 Å². The molecule has 1 saturated heterocycles. The van der Waals surface area contributed by atoms with Crippen LogP contribution in [0.2, 0.25) is 0 Å². The maximum Gasteiger partial charge on any atom is 0.354 e. The second kappa shape index (κ2) is 17.5. The smallest absolute Gasteiger partial charge is 0.354 e. The fourth-order valence-electron chi connectivity index (χ4n) is 3.76. The molecule has 3 rings (SSSR count). The van der Waals surface area contributed by atoms with Crippen LogP contribution in [0.25, 0.3) is 0 Å². The summed E-state index contributed by atoms with van der Waals surface area (Å²) in [6.07, 6.45) is 0. The van der Waals surface area contributed by atoms with Gasteiger partial charge in [0.15, 0.2) is 0 Å². The third-order valence-electron chi connectivity index (χ3n) is 5.70. The Morgan fingerprint density at radius 1 is 0.763 bits per heavy atom. The molecule has 1 aliphatic rings. The van der Waals surface area contributed by atoms with Gasteiger partial charge in [-0.3, -0.25) is 14.6 Å². The van der Waals surface area contributed by atoms with Gasteiger partial charge in [0.25, 0.3) is 6.47 Å². The van der Waals surface area contributed by atoms with E-state index in [-0.39, 0.29) is 11.6 Å². The van der Waals surface area contributed by atoms with Crippen molar-refractivity contribution in [1.29, 1.82) is 0 Å². The van der Waals surface area contributed by atoms with Crippen molar-refractivity contribution in [3.8, 4) is 5.88 Å². The van der Waals surface area contributed by atoms with Gasteiger partial charge in [0.2, 0.25) is 5.88 Å². The first-order valence-corrected chi connectivity index (χ1v) is 12.6. The van der Waals surface area contributed by atoms with E-state index in [0.717, 1.165) is 5.69 Å². The number of carbonyl (C=O) groups excluding carboxylic acids is 1. The molecule has 0 unspecified atom stereocenters. The Morgan fingerprint density at radius 2 is 1.24 bits per heavy atom. The van der Waals surface area contributed by atoms with E-state index in [4.69, 9.17) is 23.7 Å². The van der Waals surface area contributed by atoms with Gasteiger partial charge in [-0.25, -0.2) is 14.8 Å². The third kappa shape index (κ3) is 11.6. The van der Waals surface area contributed by atoms with Crippen molar-refractivity contribution in [1.82, 2.24) is 19.8 Å². The largest absolute Gasteiger partial charge is 0.477 e. The maximum atomic E-state index is 11.2. The van der Waals surface area contributed by atoms with Gasteiger partial charge in [-0.15, -0.1) is 0 Å². The van der Waals surface area contributed by atoms with Gasteiger partial charge >= 0.3 is 5.97 Å². The highest BCUT2D eigenvalue weighted by atomic mass is 16.5. The van der Waals surface area contributed by atoms with Crippen LogP contribution in [-0.2, 0) is 36.8 Å². The Balaban J connectivity index is 1.47. The molecule has 1 aliphatic heterocycles. The lowest BCUT2D eigenvalue weighted by molar-refractivity contribution is -0.120. The quantitative estimate of drug-likeness (QED) is 0.512. The molecule has 0 atom stereocenters. The van der Waals surface area contributed by atoms with Gasteiger partial charge in [-0.05, 0) is 18.2 Å². The maximum absolute atomic E-state index is 11.2. The van der Waals surface area contributed by atoms with E-state index in [9.17, 15) is 14.7 Å². The highest BCUT2D eigenvalue weighted by Gasteiger charge is 2.12. The first kappa shape index (κ1) is 29.6. The number of carboxylic acids is 1. The van der Waals surface area contributed by atoms with Crippen LogP contribution in [0.1, 0.15) is 21.9 Å². The lowest BCUT2D eigenvalue weighted by Crippen LogP contribution is -2.33. The Morgan fingerprint density at radius 3 is 1.71 bits per heavy atom. The monoisotopic (exact) mass is 532 g/mol. The van der Waals surface area contributed by atoms with Gasteiger partial charge in [0.05, 0.1) is 64.2 Å². The molecule has 0 radical (unpaired) electrons. The predicted molar refractivity (Wildman–Crippen MR) is 136 cm³/mol. The predicted octanol–water partition coefficient (Wildman–Crippen LogP) is 1.09. The van der Waals surface area contributed by atoms with E-state index in [1.54, 1.807) is 18.2 Å². The van der Waals surface area contributed by atoms with Crippen molar-refractivity contribution in [2.75, 3.05) is 79.0 Å². The van der Waals surface area contributed by atoms with E-state index in [0.29, 0.717) is 104 Å². The molecule has 208 valence electrons. The molecule has 2 aromatic rings. The molecule has 0 amide bonds. The molecule has 1 fully saturated rings. The molecule has 2 aromatic heterocycles. The molecule has 0 bridgehead atoms. The molecular formula is C26H36N4O8. The van der Waals surface area contributed by atoms with Crippen molar-refractivity contribution < 1.29 is 38.4 Å². The number of aromatic nitrogens is 2. The topological polar surface area (TPSA) is 133 Å². The van der Waals surface area contributed by atoms with E-state index in [1.165, 1.54) is 6.07 Å². The molecule has 0 aromatic carbocycles. The number of rotatable bonds is 7. The summed E-state index contributed by atoms with van der Waals surface area (Å²) < 4.78 is 27.9. The molecule has 12 heteroatoms. The standard InChI is InChI=1S/C26H36N4O8/c31-21-38-25-6-2-4-23(28-25)20-30-9-13-36-17-15-34-11-7-29(8-12-35-16-18-37-14-10-30)19-22-3-1-5-24(27-22)26(32)33/h1-6,21H,7-20H2,(H,32,33). The molecule has 0 spiro atoms.